The third kappa shape index (κ3) is 62.8. The lowest BCUT2D eigenvalue weighted by Gasteiger charge is -2.18. The lowest BCUT2D eigenvalue weighted by atomic mass is 10.0. The predicted octanol–water partition coefficient (Wildman–Crippen LogP) is 22.2. The summed E-state index contributed by atoms with van der Waals surface area (Å²) in [6.07, 6.45) is 88.2. The van der Waals surface area contributed by atoms with Crippen molar-refractivity contribution in [3.05, 3.63) is 109 Å². The molecule has 0 amide bonds. The topological polar surface area (TPSA) is 78.9 Å². The summed E-state index contributed by atoms with van der Waals surface area (Å²) in [5, 5.41) is 0. The first-order chi connectivity index (χ1) is 38.0. The molecule has 0 aliphatic rings. The number of esters is 3. The minimum absolute atomic E-state index is 0.111. The first-order valence-corrected chi connectivity index (χ1v) is 32.4. The Morgan fingerprint density at radius 2 is 0.532 bits per heavy atom. The van der Waals surface area contributed by atoms with Gasteiger partial charge in [-0.05, 0) is 116 Å². The maximum Gasteiger partial charge on any atom is 0.306 e. The first-order valence-electron chi connectivity index (χ1n) is 32.4. The lowest BCUT2D eigenvalue weighted by Crippen LogP contribution is -2.30. The molecular weight excluding hydrogens is 949 g/mol. The zero-order chi connectivity index (χ0) is 55.7. The summed E-state index contributed by atoms with van der Waals surface area (Å²) in [6, 6.07) is 0. The zero-order valence-electron chi connectivity index (χ0n) is 50.4. The summed E-state index contributed by atoms with van der Waals surface area (Å²) in [5.41, 5.74) is 0. The molecule has 0 heterocycles. The maximum atomic E-state index is 12.9. The van der Waals surface area contributed by atoms with E-state index in [0.717, 1.165) is 89.9 Å². The lowest BCUT2D eigenvalue weighted by molar-refractivity contribution is -0.166. The Balaban J connectivity index is 4.46. The van der Waals surface area contributed by atoms with E-state index in [9.17, 15) is 14.4 Å². The van der Waals surface area contributed by atoms with Crippen LogP contribution >= 0.6 is 0 Å². The van der Waals surface area contributed by atoms with Crippen molar-refractivity contribution in [3.8, 4) is 0 Å². The molecule has 0 aliphatic heterocycles. The Morgan fingerprint density at radius 3 is 0.883 bits per heavy atom. The number of hydrogen-bond acceptors (Lipinski definition) is 6. The van der Waals surface area contributed by atoms with E-state index < -0.39 is 12.1 Å². The SMILES string of the molecule is CC/C=C\C/C=C\C/C=C\C/C=C\C/C=C\C/C=C\CCC(=O)OC(COC(=O)CCCCCCCCC/C=C\C/C=C\CCCCC)COC(=O)CCCCCCCCCCCCC/C=C\CCCCCCCCCC. The monoisotopic (exact) mass is 1070 g/mol. The van der Waals surface area contributed by atoms with Gasteiger partial charge in [-0.1, -0.05) is 278 Å². The Labute approximate surface area is 476 Å². The van der Waals surface area contributed by atoms with Crippen LogP contribution in [0.15, 0.2) is 109 Å². The summed E-state index contributed by atoms with van der Waals surface area (Å²) >= 11 is 0. The van der Waals surface area contributed by atoms with Gasteiger partial charge < -0.3 is 14.2 Å². The summed E-state index contributed by atoms with van der Waals surface area (Å²) < 4.78 is 16.9. The number of unbranched alkanes of at least 4 members (excludes halogenated alkanes) is 29. The highest BCUT2D eigenvalue weighted by Crippen LogP contribution is 2.16. The van der Waals surface area contributed by atoms with Crippen molar-refractivity contribution in [2.45, 2.75) is 309 Å². The van der Waals surface area contributed by atoms with Gasteiger partial charge in [0.2, 0.25) is 0 Å². The van der Waals surface area contributed by atoms with E-state index in [1.54, 1.807) is 0 Å². The van der Waals surface area contributed by atoms with Crippen LogP contribution in [0.4, 0.5) is 0 Å². The van der Waals surface area contributed by atoms with Crippen LogP contribution in [0, 0.1) is 0 Å². The fraction of sp³-hybridized carbons (Fsp3) is 0.704. The van der Waals surface area contributed by atoms with E-state index in [-0.39, 0.29) is 31.6 Å². The van der Waals surface area contributed by atoms with Crippen molar-refractivity contribution in [2.24, 2.45) is 0 Å². The standard InChI is InChI=1S/C71H120O6/c1-4-7-10-13-16-19-22-25-28-31-33-34-35-36-38-40-43-46-49-52-55-58-61-64-70(73)76-67-68(66-75-69(72)63-60-57-54-51-48-45-42-39-30-27-24-21-18-15-12-9-6-3)77-71(74)65-62-59-56-53-50-47-44-41-37-32-29-26-23-20-17-14-11-8-5-2/h8,11,17-18,20-21,26-27,29-31,33,37,41,47,50,56,59,68H,4-7,9-10,12-16,19,22-25,28,32,34-36,38-40,42-46,48-49,51-55,57-58,60-67H2,1-3H3/b11-8-,20-17-,21-18-,29-26-,30-27-,33-31-,41-37-,50-47-,59-56-. The van der Waals surface area contributed by atoms with Gasteiger partial charge in [0.15, 0.2) is 6.10 Å². The molecule has 0 aliphatic carbocycles. The molecule has 0 aromatic rings. The molecule has 0 aromatic carbocycles. The number of carbonyl (C=O) groups excluding carboxylic acids is 3. The highest BCUT2D eigenvalue weighted by molar-refractivity contribution is 5.71. The molecule has 0 aromatic heterocycles. The van der Waals surface area contributed by atoms with Gasteiger partial charge in [0.1, 0.15) is 13.2 Å². The number of ether oxygens (including phenoxy) is 3. The van der Waals surface area contributed by atoms with Crippen molar-refractivity contribution >= 4 is 17.9 Å². The van der Waals surface area contributed by atoms with Gasteiger partial charge in [0.25, 0.3) is 0 Å². The average Bonchev–Trinajstić information content (AvgIpc) is 3.43. The van der Waals surface area contributed by atoms with Crippen LogP contribution in [0.3, 0.4) is 0 Å². The number of hydrogen-bond donors (Lipinski definition) is 0. The van der Waals surface area contributed by atoms with E-state index in [0.29, 0.717) is 19.3 Å². The van der Waals surface area contributed by atoms with Crippen molar-refractivity contribution in [1.82, 2.24) is 0 Å². The number of rotatable bonds is 58. The van der Waals surface area contributed by atoms with Crippen molar-refractivity contribution in [1.29, 1.82) is 0 Å². The Bertz CT molecular complexity index is 1560. The fourth-order valence-electron chi connectivity index (χ4n) is 8.91. The molecule has 0 rings (SSSR count). The van der Waals surface area contributed by atoms with Gasteiger partial charge in [0, 0.05) is 19.3 Å². The minimum Gasteiger partial charge on any atom is -0.462 e. The van der Waals surface area contributed by atoms with Gasteiger partial charge in [-0.3, -0.25) is 14.4 Å². The Kier molecular flexibility index (Phi) is 61.3. The second-order valence-corrected chi connectivity index (χ2v) is 21.3. The second-order valence-electron chi connectivity index (χ2n) is 21.3. The van der Waals surface area contributed by atoms with Crippen molar-refractivity contribution < 1.29 is 28.6 Å². The molecule has 6 heteroatoms. The van der Waals surface area contributed by atoms with E-state index in [1.807, 2.05) is 6.08 Å². The molecule has 440 valence electrons. The summed E-state index contributed by atoms with van der Waals surface area (Å²) in [7, 11) is 0. The van der Waals surface area contributed by atoms with Gasteiger partial charge >= 0.3 is 17.9 Å². The zero-order valence-corrected chi connectivity index (χ0v) is 50.4. The van der Waals surface area contributed by atoms with Crippen LogP contribution in [-0.2, 0) is 28.6 Å². The van der Waals surface area contributed by atoms with E-state index in [1.165, 1.54) is 167 Å². The largest absolute Gasteiger partial charge is 0.462 e. The number of carbonyl (C=O) groups is 3. The third-order valence-corrected chi connectivity index (χ3v) is 13.7. The van der Waals surface area contributed by atoms with Crippen LogP contribution in [0.25, 0.3) is 0 Å². The quantitative estimate of drug-likeness (QED) is 0.0261. The van der Waals surface area contributed by atoms with E-state index >= 15 is 0 Å². The first kappa shape index (κ1) is 73.1. The average molecular weight is 1070 g/mol. The molecule has 0 radical (unpaired) electrons. The van der Waals surface area contributed by atoms with Gasteiger partial charge in [-0.2, -0.15) is 0 Å². The minimum atomic E-state index is -0.825. The van der Waals surface area contributed by atoms with Crippen LogP contribution < -0.4 is 0 Å². The Morgan fingerprint density at radius 1 is 0.273 bits per heavy atom. The van der Waals surface area contributed by atoms with Gasteiger partial charge in [-0.25, -0.2) is 0 Å². The molecule has 0 saturated heterocycles. The molecule has 0 saturated carbocycles. The van der Waals surface area contributed by atoms with Gasteiger partial charge in [-0.15, -0.1) is 0 Å². The normalized spacial score (nSPS) is 12.8. The predicted molar refractivity (Wildman–Crippen MR) is 334 cm³/mol. The summed E-state index contributed by atoms with van der Waals surface area (Å²) in [4.78, 5) is 38.3. The van der Waals surface area contributed by atoms with E-state index in [4.69, 9.17) is 14.2 Å². The molecule has 0 spiro atoms. The van der Waals surface area contributed by atoms with Crippen molar-refractivity contribution in [3.63, 3.8) is 0 Å². The van der Waals surface area contributed by atoms with Crippen LogP contribution in [0.1, 0.15) is 303 Å². The molecule has 0 N–H and O–H groups in total. The molecule has 6 nitrogen and oxygen atoms in total. The second kappa shape index (κ2) is 64.6. The van der Waals surface area contributed by atoms with Crippen LogP contribution in [0.5, 0.6) is 0 Å². The highest BCUT2D eigenvalue weighted by atomic mass is 16.6. The van der Waals surface area contributed by atoms with Crippen molar-refractivity contribution in [2.75, 3.05) is 13.2 Å². The molecule has 0 fully saturated rings. The fourth-order valence-corrected chi connectivity index (χ4v) is 8.91. The molecule has 0 bridgehead atoms. The smallest absolute Gasteiger partial charge is 0.306 e. The number of allylic oxidation sites excluding steroid dienone is 18. The van der Waals surface area contributed by atoms with Crippen LogP contribution in [0.2, 0.25) is 0 Å². The summed E-state index contributed by atoms with van der Waals surface area (Å²) in [5.74, 6) is -0.998. The highest BCUT2D eigenvalue weighted by Gasteiger charge is 2.19. The maximum absolute atomic E-state index is 12.9. The Hall–Kier alpha value is -3.93. The molecule has 77 heavy (non-hydrogen) atoms. The van der Waals surface area contributed by atoms with Gasteiger partial charge in [0.05, 0.1) is 0 Å². The molecule has 1 atom stereocenters. The van der Waals surface area contributed by atoms with Crippen LogP contribution in [-0.4, -0.2) is 37.2 Å². The third-order valence-electron chi connectivity index (χ3n) is 13.7. The molecular formula is C71H120O6. The summed E-state index contributed by atoms with van der Waals surface area (Å²) in [6.45, 7) is 6.46. The van der Waals surface area contributed by atoms with E-state index in [2.05, 4.69) is 124 Å². The molecule has 1 unspecified atom stereocenters.